The van der Waals surface area contributed by atoms with Gasteiger partial charge in [0.2, 0.25) is 5.91 Å². The minimum atomic E-state index is -0.122. The number of benzene rings is 1. The number of amides is 2. The third kappa shape index (κ3) is 4.92. The highest BCUT2D eigenvalue weighted by atomic mass is 79.9. The Morgan fingerprint density at radius 2 is 1.92 bits per heavy atom. The Hall–Kier alpha value is -1.66. The van der Waals surface area contributed by atoms with Crippen LogP contribution in [0.1, 0.15) is 34.5 Å². The number of rotatable bonds is 7. The fraction of sp³-hybridized carbons (Fsp3) is 0.333. The van der Waals surface area contributed by atoms with Gasteiger partial charge in [-0.05, 0) is 41.5 Å². The van der Waals surface area contributed by atoms with E-state index < -0.39 is 0 Å². The Bertz CT molecular complexity index is 723. The van der Waals surface area contributed by atoms with Crippen LogP contribution in [0.3, 0.4) is 0 Å². The molecule has 6 heteroatoms. The van der Waals surface area contributed by atoms with E-state index in [1.165, 1.54) is 24.2 Å². The van der Waals surface area contributed by atoms with Crippen LogP contribution in [-0.2, 0) is 11.2 Å². The van der Waals surface area contributed by atoms with Crippen molar-refractivity contribution < 1.29 is 9.59 Å². The number of hydrogen-bond acceptors (Lipinski definition) is 3. The van der Waals surface area contributed by atoms with Crippen molar-refractivity contribution in [2.45, 2.75) is 25.7 Å². The zero-order valence-electron chi connectivity index (χ0n) is 13.2. The summed E-state index contributed by atoms with van der Waals surface area (Å²) in [5.74, 6) is 0.561. The van der Waals surface area contributed by atoms with Gasteiger partial charge in [0.15, 0.2) is 0 Å². The second-order valence-corrected chi connectivity index (χ2v) is 7.83. The van der Waals surface area contributed by atoms with E-state index in [1.54, 1.807) is 6.07 Å². The fourth-order valence-electron chi connectivity index (χ4n) is 2.44. The number of carbonyl (C=O) groups is 2. The number of nitrogens with one attached hydrogen (secondary N) is 2. The molecular weight excluding hydrogens is 388 g/mol. The fourth-order valence-corrected chi connectivity index (χ4v) is 3.47. The van der Waals surface area contributed by atoms with Crippen molar-refractivity contribution in [3.63, 3.8) is 0 Å². The third-order valence-electron chi connectivity index (χ3n) is 3.96. The van der Waals surface area contributed by atoms with Gasteiger partial charge in [0, 0.05) is 11.0 Å². The van der Waals surface area contributed by atoms with Gasteiger partial charge in [-0.15, -0.1) is 11.3 Å². The maximum atomic E-state index is 12.2. The van der Waals surface area contributed by atoms with Crippen LogP contribution in [-0.4, -0.2) is 18.4 Å². The number of anilines is 1. The van der Waals surface area contributed by atoms with Crippen molar-refractivity contribution in [1.82, 2.24) is 5.32 Å². The quantitative estimate of drug-likeness (QED) is 0.722. The molecule has 0 radical (unpaired) electrons. The lowest BCUT2D eigenvalue weighted by Gasteiger charge is -2.08. The summed E-state index contributed by atoms with van der Waals surface area (Å²) in [5, 5.41) is 7.61. The van der Waals surface area contributed by atoms with Gasteiger partial charge in [-0.2, -0.15) is 0 Å². The molecule has 0 aliphatic heterocycles. The molecule has 2 N–H and O–H groups in total. The molecule has 1 aliphatic rings. The summed E-state index contributed by atoms with van der Waals surface area (Å²) in [5.41, 5.74) is 1.52. The van der Waals surface area contributed by atoms with Gasteiger partial charge in [-0.1, -0.05) is 40.9 Å². The Morgan fingerprint density at radius 1 is 1.17 bits per heavy atom. The molecule has 1 fully saturated rings. The molecule has 1 aromatic carbocycles. The average molecular weight is 407 g/mol. The van der Waals surface area contributed by atoms with Gasteiger partial charge in [-0.3, -0.25) is 9.59 Å². The van der Waals surface area contributed by atoms with Crippen LogP contribution < -0.4 is 10.6 Å². The molecule has 4 nitrogen and oxygen atoms in total. The molecule has 0 unspecified atom stereocenters. The van der Waals surface area contributed by atoms with E-state index in [-0.39, 0.29) is 18.2 Å². The first-order valence-corrected chi connectivity index (χ1v) is 9.69. The second kappa shape index (κ2) is 7.94. The summed E-state index contributed by atoms with van der Waals surface area (Å²) >= 11 is 4.72. The van der Waals surface area contributed by atoms with Crippen LogP contribution in [0.4, 0.5) is 5.69 Å². The Kier molecular flexibility index (Phi) is 5.68. The molecule has 0 atom stereocenters. The Balaban J connectivity index is 1.54. The maximum absolute atomic E-state index is 12.2. The van der Waals surface area contributed by atoms with Crippen LogP contribution in [0.25, 0.3) is 0 Å². The summed E-state index contributed by atoms with van der Waals surface area (Å²) in [6.45, 7) is 0.702. The summed E-state index contributed by atoms with van der Waals surface area (Å²) in [7, 11) is 0. The highest BCUT2D eigenvalue weighted by Crippen LogP contribution is 2.31. The molecule has 0 bridgehead atoms. The maximum Gasteiger partial charge on any atom is 0.263 e. The predicted molar refractivity (Wildman–Crippen MR) is 100 cm³/mol. The van der Waals surface area contributed by atoms with Gasteiger partial charge < -0.3 is 10.6 Å². The van der Waals surface area contributed by atoms with E-state index in [1.807, 2.05) is 29.6 Å². The molecule has 1 heterocycles. The lowest BCUT2D eigenvalue weighted by molar-refractivity contribution is -0.115. The number of thiophene rings is 1. The molecular formula is C18H19BrN2O2S. The smallest absolute Gasteiger partial charge is 0.263 e. The predicted octanol–water partition coefficient (Wildman–Crippen LogP) is 4.22. The molecule has 3 rings (SSSR count). The first-order valence-electron chi connectivity index (χ1n) is 8.02. The van der Waals surface area contributed by atoms with Crippen LogP contribution in [0, 0.1) is 5.92 Å². The molecule has 2 amide bonds. The monoisotopic (exact) mass is 406 g/mol. The Labute approximate surface area is 153 Å². The minimum Gasteiger partial charge on any atom is -0.351 e. The van der Waals surface area contributed by atoms with Crippen molar-refractivity contribution in [1.29, 1.82) is 0 Å². The van der Waals surface area contributed by atoms with E-state index in [2.05, 4.69) is 26.6 Å². The molecule has 0 spiro atoms. The van der Waals surface area contributed by atoms with E-state index in [4.69, 9.17) is 0 Å². The standard InChI is InChI=1S/C18H19BrN2O2S/c19-14-5-3-13(4-6-14)11-16(22)21-15-8-10-24-17(15)18(23)20-9-7-12-1-2-12/h3-6,8,10,12H,1-2,7,9,11H2,(H,20,23)(H,21,22). The van der Waals surface area contributed by atoms with Gasteiger partial charge in [0.25, 0.3) is 5.91 Å². The number of carbonyl (C=O) groups excluding carboxylic acids is 2. The molecule has 24 heavy (non-hydrogen) atoms. The van der Waals surface area contributed by atoms with Crippen molar-refractivity contribution in [2.75, 3.05) is 11.9 Å². The van der Waals surface area contributed by atoms with Crippen molar-refractivity contribution in [3.8, 4) is 0 Å². The molecule has 0 saturated heterocycles. The topological polar surface area (TPSA) is 58.2 Å². The lowest BCUT2D eigenvalue weighted by atomic mass is 10.1. The minimum absolute atomic E-state index is 0.107. The SMILES string of the molecule is O=C(Cc1ccc(Br)cc1)Nc1ccsc1C(=O)NCCC1CC1. The second-order valence-electron chi connectivity index (χ2n) is 6.00. The zero-order chi connectivity index (χ0) is 16.9. The first-order chi connectivity index (χ1) is 11.6. The third-order valence-corrected chi connectivity index (χ3v) is 5.40. The Morgan fingerprint density at radius 3 is 2.62 bits per heavy atom. The van der Waals surface area contributed by atoms with E-state index in [9.17, 15) is 9.59 Å². The average Bonchev–Trinajstić information content (AvgIpc) is 3.26. The number of hydrogen-bond donors (Lipinski definition) is 2. The van der Waals surface area contributed by atoms with Gasteiger partial charge in [0.05, 0.1) is 12.1 Å². The highest BCUT2D eigenvalue weighted by molar-refractivity contribution is 9.10. The van der Waals surface area contributed by atoms with Crippen LogP contribution >= 0.6 is 27.3 Å². The van der Waals surface area contributed by atoms with Gasteiger partial charge in [-0.25, -0.2) is 0 Å². The van der Waals surface area contributed by atoms with Crippen LogP contribution in [0.15, 0.2) is 40.2 Å². The van der Waals surface area contributed by atoms with Crippen molar-refractivity contribution in [3.05, 3.63) is 50.6 Å². The summed E-state index contributed by atoms with van der Waals surface area (Å²) in [6, 6.07) is 9.41. The summed E-state index contributed by atoms with van der Waals surface area (Å²) in [4.78, 5) is 25.0. The highest BCUT2D eigenvalue weighted by Gasteiger charge is 2.21. The molecule has 126 valence electrons. The van der Waals surface area contributed by atoms with E-state index in [0.29, 0.717) is 17.1 Å². The van der Waals surface area contributed by atoms with Crippen molar-refractivity contribution >= 4 is 44.8 Å². The molecule has 2 aromatic rings. The van der Waals surface area contributed by atoms with Gasteiger partial charge in [0.1, 0.15) is 4.88 Å². The van der Waals surface area contributed by atoms with Gasteiger partial charge >= 0.3 is 0 Å². The normalized spacial score (nSPS) is 13.5. The van der Waals surface area contributed by atoms with E-state index in [0.717, 1.165) is 22.4 Å². The molecule has 1 aromatic heterocycles. The molecule has 1 aliphatic carbocycles. The molecule has 1 saturated carbocycles. The zero-order valence-corrected chi connectivity index (χ0v) is 15.6. The summed E-state index contributed by atoms with van der Waals surface area (Å²) < 4.78 is 0.981. The van der Waals surface area contributed by atoms with Crippen LogP contribution in [0.5, 0.6) is 0 Å². The largest absolute Gasteiger partial charge is 0.351 e. The van der Waals surface area contributed by atoms with Crippen LogP contribution in [0.2, 0.25) is 0 Å². The summed E-state index contributed by atoms with van der Waals surface area (Å²) in [6.07, 6.45) is 3.90. The van der Waals surface area contributed by atoms with Crippen molar-refractivity contribution in [2.24, 2.45) is 5.92 Å². The number of halogens is 1. The van der Waals surface area contributed by atoms with E-state index >= 15 is 0 Å². The first kappa shape index (κ1) is 17.2. The lowest BCUT2D eigenvalue weighted by Crippen LogP contribution is -2.25.